The maximum Gasteiger partial charge on any atom is 0.423 e. The largest absolute Gasteiger partial charge is 0.423 e. The molecule has 5 aliphatic rings. The summed E-state index contributed by atoms with van der Waals surface area (Å²) in [4.78, 5) is 15.0. The van der Waals surface area contributed by atoms with Gasteiger partial charge in [-0.3, -0.25) is 4.79 Å². The van der Waals surface area contributed by atoms with Gasteiger partial charge in [-0.15, -0.1) is 0 Å². The molecule has 0 aromatic heterocycles. The first-order valence-corrected chi connectivity index (χ1v) is 16.4. The molecule has 0 radical (unpaired) electrons. The lowest BCUT2D eigenvalue weighted by atomic mass is 9.50. The highest BCUT2D eigenvalue weighted by molar-refractivity contribution is 6.02. The molecular weight excluding hydrogens is 591 g/mol. The van der Waals surface area contributed by atoms with Gasteiger partial charge in [-0.1, -0.05) is 73.2 Å². The van der Waals surface area contributed by atoms with E-state index in [0.29, 0.717) is 12.0 Å². The molecule has 244 valence electrons. The molecule has 1 amide bonds. The Bertz CT molecular complexity index is 1600. The molecule has 3 aliphatic carbocycles. The van der Waals surface area contributed by atoms with E-state index >= 15 is 0 Å². The Hall–Kier alpha value is -3.40. The number of benzene rings is 2. The zero-order valence-corrected chi connectivity index (χ0v) is 26.7. The number of amides is 1. The van der Waals surface area contributed by atoms with Crippen molar-refractivity contribution in [3.05, 3.63) is 101 Å². The molecule has 9 heteroatoms. The number of likely N-dealkylation sites (N-methyl/N-ethyl adjacent to an activating group) is 1. The van der Waals surface area contributed by atoms with Gasteiger partial charge in [-0.05, 0) is 41.2 Å². The van der Waals surface area contributed by atoms with Gasteiger partial charge >= 0.3 is 6.18 Å². The molecule has 46 heavy (non-hydrogen) atoms. The van der Waals surface area contributed by atoms with Gasteiger partial charge in [-0.25, -0.2) is 0 Å². The van der Waals surface area contributed by atoms with Crippen LogP contribution in [-0.2, 0) is 16.0 Å². The highest BCUT2D eigenvalue weighted by Crippen LogP contribution is 2.67. The van der Waals surface area contributed by atoms with Crippen molar-refractivity contribution in [1.82, 2.24) is 10.2 Å². The summed E-state index contributed by atoms with van der Waals surface area (Å²) in [6.07, 6.45) is 2.87. The smallest absolute Gasteiger partial charge is 0.377 e. The lowest BCUT2D eigenvalue weighted by Crippen LogP contribution is -2.69. The van der Waals surface area contributed by atoms with E-state index in [1.807, 2.05) is 12.1 Å². The van der Waals surface area contributed by atoms with Gasteiger partial charge in [-0.2, -0.15) is 13.2 Å². The lowest BCUT2D eigenvalue weighted by molar-refractivity contribution is -0.945. The number of allylic oxidation sites excluding steroid dienone is 1. The Balaban J connectivity index is 1.23. The monoisotopic (exact) mass is 634 g/mol. The first kappa shape index (κ1) is 31.2. The number of nitrogens with one attached hydrogen (secondary N) is 1. The normalized spacial score (nSPS) is 34.9. The quantitative estimate of drug-likeness (QED) is 0.236. The average molecular weight is 635 g/mol. The zero-order valence-electron chi connectivity index (χ0n) is 26.7. The molecule has 7 rings (SSSR count). The van der Waals surface area contributed by atoms with E-state index in [1.165, 1.54) is 30.6 Å². The molecule has 2 aromatic rings. The minimum atomic E-state index is -4.98. The van der Waals surface area contributed by atoms with Crippen molar-refractivity contribution < 1.29 is 32.3 Å². The number of carbonyl (C=O) groups excluding carboxylic acids is 1. The first-order valence-electron chi connectivity index (χ1n) is 16.4. The third-order valence-corrected chi connectivity index (χ3v) is 11.6. The summed E-state index contributed by atoms with van der Waals surface area (Å²) in [6.45, 7) is 2.00. The van der Waals surface area contributed by atoms with Gasteiger partial charge in [0, 0.05) is 44.7 Å². The number of hydrogen-bond donors (Lipinski definition) is 2. The van der Waals surface area contributed by atoms with E-state index in [0.717, 1.165) is 67.2 Å². The van der Waals surface area contributed by atoms with Crippen LogP contribution in [-0.4, -0.2) is 84.8 Å². The van der Waals surface area contributed by atoms with Gasteiger partial charge < -0.3 is 24.5 Å². The first-order chi connectivity index (χ1) is 21.9. The van der Waals surface area contributed by atoms with Crippen molar-refractivity contribution in [2.45, 2.75) is 68.7 Å². The van der Waals surface area contributed by atoms with Crippen LogP contribution >= 0.6 is 0 Å². The molecule has 2 bridgehead atoms. The third kappa shape index (κ3) is 4.85. The van der Waals surface area contributed by atoms with Crippen molar-refractivity contribution in [3.63, 3.8) is 0 Å². The number of ether oxygens (including phenoxy) is 1. The summed E-state index contributed by atoms with van der Waals surface area (Å²) in [7, 11) is 5.34. The van der Waals surface area contributed by atoms with Crippen LogP contribution in [0.25, 0.3) is 5.70 Å². The summed E-state index contributed by atoms with van der Waals surface area (Å²) >= 11 is 0. The molecule has 2 N–H and O–H groups in total. The molecular formula is C37H43F3N3O3+. The highest BCUT2D eigenvalue weighted by atomic mass is 19.4. The van der Waals surface area contributed by atoms with Crippen LogP contribution in [0.1, 0.15) is 43.2 Å². The van der Waals surface area contributed by atoms with Crippen LogP contribution in [0, 0.1) is 11.3 Å². The molecule has 2 aromatic carbocycles. The molecule has 1 saturated carbocycles. The predicted molar refractivity (Wildman–Crippen MR) is 170 cm³/mol. The van der Waals surface area contributed by atoms with Gasteiger partial charge in [0.25, 0.3) is 5.91 Å². The number of likely N-dealkylation sites (tertiary alicyclic amines) is 1. The van der Waals surface area contributed by atoms with Crippen LogP contribution in [0.3, 0.4) is 0 Å². The molecule has 3 unspecified atom stereocenters. The Kier molecular flexibility index (Phi) is 7.53. The fraction of sp³-hybridized carbons (Fsp3) is 0.486. The minimum absolute atomic E-state index is 0.144. The average Bonchev–Trinajstić information content (AvgIpc) is 3.38. The topological polar surface area (TPSA) is 61.8 Å². The maximum absolute atomic E-state index is 14.7. The van der Waals surface area contributed by atoms with Crippen molar-refractivity contribution in [1.29, 1.82) is 0 Å². The summed E-state index contributed by atoms with van der Waals surface area (Å²) in [5.41, 5.74) is -0.319. The number of halogens is 3. The maximum atomic E-state index is 14.7. The molecule has 6 nitrogen and oxygen atoms in total. The number of piperidine rings is 1. The lowest BCUT2D eigenvalue weighted by Gasteiger charge is -2.61. The molecule has 2 heterocycles. The van der Waals surface area contributed by atoms with Crippen LogP contribution in [0.2, 0.25) is 0 Å². The predicted octanol–water partition coefficient (Wildman–Crippen LogP) is 5.61. The highest BCUT2D eigenvalue weighted by Gasteiger charge is 2.70. The van der Waals surface area contributed by atoms with Crippen LogP contribution in [0.5, 0.6) is 0 Å². The fourth-order valence-corrected chi connectivity index (χ4v) is 9.59. The van der Waals surface area contributed by atoms with Gasteiger partial charge in [0.1, 0.15) is 11.7 Å². The molecule has 2 saturated heterocycles. The van der Waals surface area contributed by atoms with Crippen molar-refractivity contribution in [2.75, 3.05) is 34.2 Å². The second-order valence-electron chi connectivity index (χ2n) is 14.3. The van der Waals surface area contributed by atoms with Gasteiger partial charge in [0.05, 0.1) is 38.0 Å². The number of carbonyl (C=O) groups is 1. The number of quaternary nitrogens is 1. The Morgan fingerprint density at radius 1 is 1.09 bits per heavy atom. The standard InChI is InChI=1S/C37H42F3N3O3/c1-42(2)32(25-13-8-5-9-14-25)31(37(38,39)40)34(44)41-36(45)19-17-26-23-28-27-15-10-16-29-35(27,30(26)33(36)46-29)20-22-43(28,3)21-18-24-11-6-4-7-12-24/h4-9,11-14,17,19,27-29,33,45H,10,15-16,18,20-23H2,1-3H3/p+1/t27-,28+,29-,33?,35+,36?,43?/m0/s1. The SMILES string of the molecule is CN(C)C(=C(C(=O)NC1(O)C=CC2=C3C1O[C@H]1CCC[C@H]4[C@@H](C2)[N+](C)(CCc2ccccc2)CC[C@]314)C(F)(F)F)c1ccccc1. The Labute approximate surface area is 268 Å². The van der Waals surface area contributed by atoms with Crippen LogP contribution in [0.15, 0.2) is 89.5 Å². The van der Waals surface area contributed by atoms with E-state index in [-0.39, 0.29) is 22.8 Å². The van der Waals surface area contributed by atoms with Crippen molar-refractivity contribution in [2.24, 2.45) is 11.3 Å². The zero-order chi connectivity index (χ0) is 32.5. The minimum Gasteiger partial charge on any atom is -0.377 e. The van der Waals surface area contributed by atoms with Crippen LogP contribution < -0.4 is 5.32 Å². The van der Waals surface area contributed by atoms with E-state index in [1.54, 1.807) is 30.3 Å². The number of aliphatic hydroxyl groups is 1. The molecule has 2 aliphatic heterocycles. The second kappa shape index (κ2) is 11.1. The number of nitrogens with zero attached hydrogens (tertiary/aromatic N) is 2. The number of rotatable bonds is 7. The summed E-state index contributed by atoms with van der Waals surface area (Å²) in [5, 5.41) is 14.5. The fourth-order valence-electron chi connectivity index (χ4n) is 9.59. The van der Waals surface area contributed by atoms with E-state index in [4.69, 9.17) is 4.74 Å². The van der Waals surface area contributed by atoms with E-state index in [9.17, 15) is 23.1 Å². The number of alkyl halides is 3. The van der Waals surface area contributed by atoms with E-state index in [2.05, 4.69) is 36.6 Å². The second-order valence-corrected chi connectivity index (χ2v) is 14.3. The summed E-state index contributed by atoms with van der Waals surface area (Å²) in [5.74, 6) is -1.04. The Morgan fingerprint density at radius 2 is 1.78 bits per heavy atom. The van der Waals surface area contributed by atoms with E-state index < -0.39 is 29.5 Å². The summed E-state index contributed by atoms with van der Waals surface area (Å²) in [6, 6.07) is 19.0. The van der Waals surface area contributed by atoms with Crippen molar-refractivity contribution in [3.8, 4) is 0 Å². The van der Waals surface area contributed by atoms with Crippen molar-refractivity contribution >= 4 is 11.6 Å². The third-order valence-electron chi connectivity index (χ3n) is 11.6. The van der Waals surface area contributed by atoms with Gasteiger partial charge in [0.2, 0.25) is 0 Å². The number of hydrogen-bond acceptors (Lipinski definition) is 4. The van der Waals surface area contributed by atoms with Gasteiger partial charge in [0.15, 0.2) is 5.72 Å². The Morgan fingerprint density at radius 3 is 2.46 bits per heavy atom. The summed E-state index contributed by atoms with van der Waals surface area (Å²) < 4.78 is 51.8. The molecule has 1 spiro atoms. The molecule has 3 fully saturated rings. The van der Waals surface area contributed by atoms with Crippen LogP contribution in [0.4, 0.5) is 13.2 Å². The molecule has 7 atom stereocenters.